The Morgan fingerprint density at radius 2 is 1.82 bits per heavy atom. The van der Waals surface area contributed by atoms with Crippen molar-refractivity contribution in [3.63, 3.8) is 0 Å². The molecule has 0 radical (unpaired) electrons. The van der Waals surface area contributed by atoms with E-state index in [1.54, 1.807) is 44.2 Å². The molecule has 2 aromatic rings. The van der Waals surface area contributed by atoms with Crippen LogP contribution in [0.3, 0.4) is 0 Å². The van der Waals surface area contributed by atoms with E-state index in [1.807, 2.05) is 16.8 Å². The Kier molecular flexibility index (Phi) is 4.46. The SMILES string of the molecule is CC(C)(C)OC(=O)N(c1ccc(-c2ccsc2)cc1)[N+](=O)[O-]. The van der Waals surface area contributed by atoms with E-state index in [-0.39, 0.29) is 5.69 Å². The van der Waals surface area contributed by atoms with Crippen LogP contribution in [-0.4, -0.2) is 16.7 Å². The molecule has 0 saturated carbocycles. The van der Waals surface area contributed by atoms with Gasteiger partial charge in [0.2, 0.25) is 0 Å². The number of rotatable bonds is 3. The maximum atomic E-state index is 12.0. The maximum absolute atomic E-state index is 12.0. The molecule has 1 amide bonds. The molecule has 0 bridgehead atoms. The van der Waals surface area contributed by atoms with Crippen LogP contribution in [0, 0.1) is 10.1 Å². The fraction of sp³-hybridized carbons (Fsp3) is 0.267. The predicted molar refractivity (Wildman–Crippen MR) is 85.5 cm³/mol. The summed E-state index contributed by atoms with van der Waals surface area (Å²) in [4.78, 5) is 23.2. The largest absolute Gasteiger partial charge is 0.473 e. The Morgan fingerprint density at radius 1 is 1.18 bits per heavy atom. The number of ether oxygens (including phenoxy) is 1. The molecule has 0 aliphatic carbocycles. The lowest BCUT2D eigenvalue weighted by Gasteiger charge is -2.21. The molecule has 1 aromatic heterocycles. The number of hydrogen-bond acceptors (Lipinski definition) is 5. The summed E-state index contributed by atoms with van der Waals surface area (Å²) in [5.74, 6) is 0. The number of carbonyl (C=O) groups is 1. The number of hydrogen-bond donors (Lipinski definition) is 0. The zero-order valence-electron chi connectivity index (χ0n) is 12.5. The predicted octanol–water partition coefficient (Wildman–Crippen LogP) is 4.35. The molecule has 7 heteroatoms. The van der Waals surface area contributed by atoms with Crippen LogP contribution >= 0.6 is 11.3 Å². The average Bonchev–Trinajstić information content (AvgIpc) is 2.91. The number of anilines is 1. The second-order valence-electron chi connectivity index (χ2n) is 5.59. The van der Waals surface area contributed by atoms with E-state index in [1.165, 1.54) is 12.1 Å². The van der Waals surface area contributed by atoms with E-state index in [0.29, 0.717) is 5.01 Å². The minimum Gasteiger partial charge on any atom is -0.440 e. The van der Waals surface area contributed by atoms with Crippen LogP contribution in [-0.2, 0) is 4.74 Å². The lowest BCUT2D eigenvalue weighted by atomic mass is 10.1. The fourth-order valence-corrected chi connectivity index (χ4v) is 2.46. The third-order valence-corrected chi connectivity index (χ3v) is 3.38. The van der Waals surface area contributed by atoms with Crippen LogP contribution in [0.5, 0.6) is 0 Å². The summed E-state index contributed by atoms with van der Waals surface area (Å²) in [6, 6.07) is 8.48. The second kappa shape index (κ2) is 6.15. The summed E-state index contributed by atoms with van der Waals surface area (Å²) in [7, 11) is 0. The third-order valence-electron chi connectivity index (χ3n) is 2.70. The molecule has 0 saturated heterocycles. The molecule has 0 atom stereocenters. The number of amides is 1. The molecule has 1 aromatic carbocycles. The van der Waals surface area contributed by atoms with Crippen LogP contribution in [0.25, 0.3) is 11.1 Å². The quantitative estimate of drug-likeness (QED) is 0.622. The summed E-state index contributed by atoms with van der Waals surface area (Å²) in [6.07, 6.45) is -1.01. The molecule has 0 aliphatic rings. The number of benzene rings is 1. The van der Waals surface area contributed by atoms with Crippen molar-refractivity contribution in [2.75, 3.05) is 5.01 Å². The molecule has 0 aliphatic heterocycles. The molecule has 2 rings (SSSR count). The lowest BCUT2D eigenvalue weighted by molar-refractivity contribution is -0.484. The first-order valence-electron chi connectivity index (χ1n) is 6.58. The van der Waals surface area contributed by atoms with Gasteiger partial charge in [-0.2, -0.15) is 11.3 Å². The molecule has 1 heterocycles. The number of thiophene rings is 1. The molecular formula is C15H16N2O4S. The van der Waals surface area contributed by atoms with Gasteiger partial charge in [-0.15, -0.1) is 0 Å². The van der Waals surface area contributed by atoms with Crippen LogP contribution in [0.15, 0.2) is 41.1 Å². The highest BCUT2D eigenvalue weighted by atomic mass is 32.1. The van der Waals surface area contributed by atoms with Crippen molar-refractivity contribution in [3.8, 4) is 11.1 Å². The maximum Gasteiger partial charge on any atom is 0.473 e. The van der Waals surface area contributed by atoms with Crippen molar-refractivity contribution >= 4 is 23.1 Å². The van der Waals surface area contributed by atoms with E-state index < -0.39 is 16.7 Å². The molecule has 0 spiro atoms. The zero-order valence-corrected chi connectivity index (χ0v) is 13.3. The summed E-state index contributed by atoms with van der Waals surface area (Å²) in [6.45, 7) is 4.97. The van der Waals surface area contributed by atoms with Crippen LogP contribution in [0.2, 0.25) is 0 Å². The van der Waals surface area contributed by atoms with Gasteiger partial charge in [-0.25, -0.2) is 14.9 Å². The van der Waals surface area contributed by atoms with E-state index in [2.05, 4.69) is 0 Å². The molecule has 6 nitrogen and oxygen atoms in total. The van der Waals surface area contributed by atoms with Crippen LogP contribution in [0.1, 0.15) is 20.8 Å². The smallest absolute Gasteiger partial charge is 0.440 e. The molecule has 0 fully saturated rings. The van der Waals surface area contributed by atoms with Crippen LogP contribution < -0.4 is 5.01 Å². The first-order valence-corrected chi connectivity index (χ1v) is 7.52. The highest BCUT2D eigenvalue weighted by molar-refractivity contribution is 7.08. The standard InChI is InChI=1S/C15H16N2O4S/c1-15(2,3)21-14(18)16(17(19)20)13-6-4-11(5-7-13)12-8-9-22-10-12/h4-10H,1-3H3. The summed E-state index contributed by atoms with van der Waals surface area (Å²) in [5, 5.41) is 14.7. The molecule has 22 heavy (non-hydrogen) atoms. The molecule has 0 unspecified atom stereocenters. The van der Waals surface area contributed by atoms with Crippen molar-refractivity contribution in [2.45, 2.75) is 26.4 Å². The van der Waals surface area contributed by atoms with Gasteiger partial charge in [0.05, 0.1) is 0 Å². The Balaban J connectivity index is 2.26. The topological polar surface area (TPSA) is 72.7 Å². The monoisotopic (exact) mass is 320 g/mol. The highest BCUT2D eigenvalue weighted by Gasteiger charge is 2.32. The minimum absolute atomic E-state index is 0.151. The Morgan fingerprint density at radius 3 is 2.27 bits per heavy atom. The number of nitrogens with zero attached hydrogens (tertiary/aromatic N) is 2. The molecule has 0 N–H and O–H groups in total. The van der Waals surface area contributed by atoms with Gasteiger partial charge in [-0.1, -0.05) is 12.1 Å². The van der Waals surface area contributed by atoms with E-state index >= 15 is 0 Å². The zero-order chi connectivity index (χ0) is 16.3. The first kappa shape index (κ1) is 16.0. The average molecular weight is 320 g/mol. The lowest BCUT2D eigenvalue weighted by Crippen LogP contribution is -2.40. The minimum atomic E-state index is -1.01. The van der Waals surface area contributed by atoms with Crippen molar-refractivity contribution in [3.05, 3.63) is 51.2 Å². The number of hydrazine groups is 1. The van der Waals surface area contributed by atoms with E-state index in [4.69, 9.17) is 4.74 Å². The summed E-state index contributed by atoms with van der Waals surface area (Å²) in [5.41, 5.74) is 1.30. The van der Waals surface area contributed by atoms with Crippen molar-refractivity contribution in [2.24, 2.45) is 0 Å². The second-order valence-corrected chi connectivity index (χ2v) is 6.37. The van der Waals surface area contributed by atoms with Gasteiger partial charge in [0.15, 0.2) is 5.03 Å². The third kappa shape index (κ3) is 3.82. The first-order chi connectivity index (χ1) is 10.3. The molecular weight excluding hydrogens is 304 g/mol. The normalized spacial score (nSPS) is 11.0. The Bertz CT molecular complexity index is 660. The fourth-order valence-electron chi connectivity index (χ4n) is 1.80. The summed E-state index contributed by atoms with van der Waals surface area (Å²) < 4.78 is 5.07. The number of nitro groups is 1. The van der Waals surface area contributed by atoms with Gasteiger partial charge in [0.1, 0.15) is 11.3 Å². The van der Waals surface area contributed by atoms with Gasteiger partial charge in [-0.3, -0.25) is 0 Å². The Labute approximate surface area is 132 Å². The highest BCUT2D eigenvalue weighted by Crippen LogP contribution is 2.26. The summed E-state index contributed by atoms with van der Waals surface area (Å²) >= 11 is 1.57. The van der Waals surface area contributed by atoms with E-state index in [9.17, 15) is 14.9 Å². The van der Waals surface area contributed by atoms with Crippen molar-refractivity contribution < 1.29 is 14.6 Å². The van der Waals surface area contributed by atoms with Gasteiger partial charge in [0, 0.05) is 5.01 Å². The van der Waals surface area contributed by atoms with Gasteiger partial charge in [0.25, 0.3) is 0 Å². The van der Waals surface area contributed by atoms with Gasteiger partial charge < -0.3 is 4.74 Å². The molecule has 116 valence electrons. The van der Waals surface area contributed by atoms with Crippen LogP contribution in [0.4, 0.5) is 10.5 Å². The van der Waals surface area contributed by atoms with Crippen molar-refractivity contribution in [1.29, 1.82) is 0 Å². The van der Waals surface area contributed by atoms with Crippen molar-refractivity contribution in [1.82, 2.24) is 0 Å². The van der Waals surface area contributed by atoms with E-state index in [0.717, 1.165) is 11.1 Å². The number of carbonyl (C=O) groups excluding carboxylic acids is 1. The van der Waals surface area contributed by atoms with Gasteiger partial charge in [-0.05, 0) is 60.9 Å². The van der Waals surface area contributed by atoms with Gasteiger partial charge >= 0.3 is 6.09 Å². The Hall–Kier alpha value is -2.41.